The Kier molecular flexibility index (Phi) is 18.3. The third-order valence-corrected chi connectivity index (χ3v) is 7.74. The summed E-state index contributed by atoms with van der Waals surface area (Å²) in [6.45, 7) is 2.64. The molecule has 2 aromatic rings. The first-order valence-electron chi connectivity index (χ1n) is 16.9. The van der Waals surface area contributed by atoms with Gasteiger partial charge in [0.05, 0.1) is 12.7 Å². The summed E-state index contributed by atoms with van der Waals surface area (Å²) < 4.78 is 7.97. The lowest BCUT2D eigenvalue weighted by Gasteiger charge is -2.25. The van der Waals surface area contributed by atoms with E-state index in [4.69, 9.17) is 38.8 Å². The minimum Gasteiger partial charge on any atom is -0.398 e. The number of aliphatic hydroxyl groups excluding tert-OH is 1. The van der Waals surface area contributed by atoms with Crippen LogP contribution in [0.3, 0.4) is 0 Å². The number of guanidine groups is 2. The summed E-state index contributed by atoms with van der Waals surface area (Å²) in [6, 6.07) is 3.11. The third-order valence-electron chi connectivity index (χ3n) is 7.74. The lowest BCUT2D eigenvalue weighted by atomic mass is 10.1. The minimum atomic E-state index is -1.47. The second kappa shape index (κ2) is 22.3. The first-order chi connectivity index (χ1) is 24.4. The fourth-order valence-electron chi connectivity index (χ4n) is 5.09. The Morgan fingerprint density at radius 2 is 1.35 bits per heavy atom. The number of oxazole rings is 1. The van der Waals surface area contributed by atoms with Gasteiger partial charge in [-0.3, -0.25) is 29.2 Å². The number of aliphatic imine (C=N–C) groups is 2. The summed E-state index contributed by atoms with van der Waals surface area (Å²) in [5.41, 5.74) is 34.3. The van der Waals surface area contributed by atoms with Crippen LogP contribution < -0.4 is 60.2 Å². The molecule has 0 unspecified atom stereocenters. The molecule has 51 heavy (non-hydrogen) atoms. The highest BCUT2D eigenvalue weighted by molar-refractivity contribution is 5.94. The van der Waals surface area contributed by atoms with Crippen LogP contribution in [-0.2, 0) is 25.7 Å². The van der Waals surface area contributed by atoms with Gasteiger partial charge < -0.3 is 65.2 Å². The number of nitrogens with zero attached hydrogens (tertiary/aromatic N) is 3. The van der Waals surface area contributed by atoms with Crippen LogP contribution in [0.15, 0.2) is 44.9 Å². The number of nitrogens with two attached hydrogens (primary N) is 6. The van der Waals surface area contributed by atoms with Crippen molar-refractivity contribution in [3.8, 4) is 0 Å². The summed E-state index contributed by atoms with van der Waals surface area (Å²) in [6.07, 6.45) is 5.82. The highest BCUT2D eigenvalue weighted by Gasteiger charge is 2.30. The minimum absolute atomic E-state index is 0.0870. The largest absolute Gasteiger partial charge is 0.398 e. The smallest absolute Gasteiger partial charge is 0.375 e. The molecule has 0 radical (unpaired) electrons. The number of amides is 4. The van der Waals surface area contributed by atoms with Crippen molar-refractivity contribution in [1.82, 2.24) is 21.3 Å². The summed E-state index contributed by atoms with van der Waals surface area (Å²) >= 11 is 0. The van der Waals surface area contributed by atoms with Gasteiger partial charge in [-0.2, -0.15) is 4.57 Å². The second-order valence-corrected chi connectivity index (χ2v) is 11.7. The Hall–Kier alpha value is -5.43. The van der Waals surface area contributed by atoms with Gasteiger partial charge in [-0.05, 0) is 64.5 Å². The van der Waals surface area contributed by atoms with Crippen molar-refractivity contribution in [3.05, 3.63) is 36.4 Å². The number of nitrogens with one attached hydrogen (secondary N) is 4. The normalized spacial score (nSPS) is 13.5. The molecule has 1 aromatic carbocycles. The van der Waals surface area contributed by atoms with Crippen molar-refractivity contribution in [2.75, 3.05) is 26.2 Å². The molecule has 0 saturated carbocycles. The highest BCUT2D eigenvalue weighted by Crippen LogP contribution is 2.14. The Morgan fingerprint density at radius 3 is 1.94 bits per heavy atom. The maximum atomic E-state index is 13.7. The van der Waals surface area contributed by atoms with E-state index in [0.29, 0.717) is 56.7 Å². The maximum absolute atomic E-state index is 13.7. The summed E-state index contributed by atoms with van der Waals surface area (Å²) in [5, 5.41) is 20.8. The summed E-state index contributed by atoms with van der Waals surface area (Å²) in [4.78, 5) is 59.9. The van der Waals surface area contributed by atoms with E-state index in [1.54, 1.807) is 12.3 Å². The van der Waals surface area contributed by atoms with E-state index in [9.17, 15) is 24.3 Å². The number of para-hydroxylation sites is 2. The molecular formula is C32H54N13O6+. The zero-order chi connectivity index (χ0) is 37.8. The van der Waals surface area contributed by atoms with Crippen LogP contribution in [-0.4, -0.2) is 91.1 Å². The van der Waals surface area contributed by atoms with Crippen LogP contribution in [0.4, 0.5) is 0 Å². The topological polar surface area (TPSA) is 334 Å². The molecule has 4 amide bonds. The van der Waals surface area contributed by atoms with Crippen molar-refractivity contribution < 1.29 is 33.3 Å². The predicted molar refractivity (Wildman–Crippen MR) is 193 cm³/mol. The molecule has 2 rings (SSSR count). The van der Waals surface area contributed by atoms with E-state index in [-0.39, 0.29) is 37.9 Å². The Labute approximate surface area is 296 Å². The molecule has 4 atom stereocenters. The van der Waals surface area contributed by atoms with Gasteiger partial charge in [0.25, 0.3) is 5.52 Å². The van der Waals surface area contributed by atoms with Crippen molar-refractivity contribution in [2.45, 2.75) is 82.6 Å². The standard InChI is InChI=1S/C32H53N13O6/c1-2-45-24-12-3-4-13-25(24)51-26(45)14-18-39-21(9-5-6-15-33)28(48)43-22(11-8-17-41-32(37)38)29(49)44-23(19-46)30(50)42-20(27(34)47)10-7-16-40-31(35)36/h3-4,12-14,18,20-23,46H,2,5-11,15-17,19,33H2,1H3,(H13,34,35,36,37,38,40,41,42,43,44,47,48,49,50)/p+1/t20-,21-,22-,23-/m0/s1. The first-order valence-corrected chi connectivity index (χ1v) is 16.9. The number of carbonyl (C=O) groups excluding carboxylic acids is 4. The molecule has 1 aromatic heterocycles. The Balaban J connectivity index is 2.21. The van der Waals surface area contributed by atoms with E-state index in [1.165, 1.54) is 0 Å². The fourth-order valence-corrected chi connectivity index (χ4v) is 5.09. The number of aromatic nitrogens is 1. The van der Waals surface area contributed by atoms with Crippen LogP contribution in [0.5, 0.6) is 0 Å². The number of fused-ring (bicyclic) bond motifs is 1. The van der Waals surface area contributed by atoms with Gasteiger partial charge in [0.2, 0.25) is 29.2 Å². The van der Waals surface area contributed by atoms with Gasteiger partial charge in [0.1, 0.15) is 30.7 Å². The van der Waals surface area contributed by atoms with E-state index < -0.39 is 54.4 Å². The van der Waals surface area contributed by atoms with E-state index in [0.717, 1.165) is 5.52 Å². The SMILES string of the molecule is CC[n+]1c(C=CN[C@@H](CCCCN)C(=O)N[C@@H](CCCN=C(N)N)C(=O)N[C@@H](CO)C(=O)N[C@@H](CCCN=C(N)N)C(N)=O)oc2ccccc21. The molecule has 282 valence electrons. The van der Waals surface area contributed by atoms with E-state index in [2.05, 4.69) is 31.3 Å². The number of unbranched alkanes of at least 4 members (excludes halogenated alkanes) is 1. The number of benzene rings is 1. The van der Waals surface area contributed by atoms with Crippen molar-refractivity contribution in [3.63, 3.8) is 0 Å². The fraction of sp³-hybridized carbons (Fsp3) is 0.531. The van der Waals surface area contributed by atoms with Crippen LogP contribution in [0.1, 0.15) is 57.8 Å². The van der Waals surface area contributed by atoms with Crippen molar-refractivity contribution in [2.24, 2.45) is 44.4 Å². The number of hydrogen-bond acceptors (Lipinski definition) is 10. The lowest BCUT2D eigenvalue weighted by Crippen LogP contribution is -2.58. The van der Waals surface area contributed by atoms with E-state index in [1.807, 2.05) is 35.8 Å². The zero-order valence-corrected chi connectivity index (χ0v) is 29.1. The quantitative estimate of drug-likeness (QED) is 0.0222. The van der Waals surface area contributed by atoms with Gasteiger partial charge in [0, 0.05) is 25.4 Å². The molecule has 0 fully saturated rings. The molecule has 0 aliphatic carbocycles. The summed E-state index contributed by atoms with van der Waals surface area (Å²) in [7, 11) is 0. The lowest BCUT2D eigenvalue weighted by molar-refractivity contribution is -0.674. The Bertz CT molecular complexity index is 1520. The number of primary amides is 1. The Morgan fingerprint density at radius 1 is 0.804 bits per heavy atom. The first kappa shape index (κ1) is 41.7. The van der Waals surface area contributed by atoms with Crippen molar-refractivity contribution in [1.29, 1.82) is 0 Å². The molecule has 17 N–H and O–H groups in total. The van der Waals surface area contributed by atoms with Crippen molar-refractivity contribution >= 4 is 52.7 Å². The van der Waals surface area contributed by atoms with Crippen LogP contribution >= 0.6 is 0 Å². The molecule has 19 nitrogen and oxygen atoms in total. The number of aryl methyl sites for hydroxylation is 1. The molecule has 0 spiro atoms. The molecule has 19 heteroatoms. The molecule has 0 saturated heterocycles. The average Bonchev–Trinajstić information content (AvgIpc) is 3.45. The monoisotopic (exact) mass is 716 g/mol. The third kappa shape index (κ3) is 14.5. The van der Waals surface area contributed by atoms with Crippen LogP contribution in [0.25, 0.3) is 17.2 Å². The van der Waals surface area contributed by atoms with Gasteiger partial charge in [-0.1, -0.05) is 12.1 Å². The van der Waals surface area contributed by atoms with Crippen LogP contribution in [0, 0.1) is 0 Å². The van der Waals surface area contributed by atoms with E-state index >= 15 is 0 Å². The highest BCUT2D eigenvalue weighted by atomic mass is 16.4. The van der Waals surface area contributed by atoms with Gasteiger partial charge in [0.15, 0.2) is 11.9 Å². The zero-order valence-electron chi connectivity index (χ0n) is 29.1. The van der Waals surface area contributed by atoms with Gasteiger partial charge >= 0.3 is 5.89 Å². The number of rotatable bonds is 24. The maximum Gasteiger partial charge on any atom is 0.375 e. The summed E-state index contributed by atoms with van der Waals surface area (Å²) in [5.74, 6) is -2.62. The molecule has 0 aliphatic rings. The molecule has 0 aliphatic heterocycles. The van der Waals surface area contributed by atoms with Gasteiger partial charge in [-0.15, -0.1) is 0 Å². The molecule has 0 bridgehead atoms. The predicted octanol–water partition coefficient (Wildman–Crippen LogP) is -3.16. The number of hydrogen-bond donors (Lipinski definition) is 11. The molecular weight excluding hydrogens is 662 g/mol. The van der Waals surface area contributed by atoms with Crippen LogP contribution in [0.2, 0.25) is 0 Å². The van der Waals surface area contributed by atoms with Gasteiger partial charge in [-0.25, -0.2) is 0 Å². The number of carbonyl (C=O) groups is 4. The second-order valence-electron chi connectivity index (χ2n) is 11.7. The molecule has 1 heterocycles. The average molecular weight is 717 g/mol. The number of aliphatic hydroxyl groups is 1.